The maximum Gasteiger partial charge on any atom is 0.333 e. The minimum absolute atomic E-state index is 0.0116. The van der Waals surface area contributed by atoms with Crippen molar-refractivity contribution in [3.63, 3.8) is 0 Å². The Kier molecular flexibility index (Phi) is 32.0. The first-order valence-electron chi connectivity index (χ1n) is 44.8. The molecule has 12 fully saturated rings. The summed E-state index contributed by atoms with van der Waals surface area (Å²) < 4.78 is 104. The van der Waals surface area contributed by atoms with Crippen LogP contribution in [0, 0.1) is 50.2 Å². The van der Waals surface area contributed by atoms with E-state index in [4.69, 9.17) is 80.5 Å². The van der Waals surface area contributed by atoms with Crippen LogP contribution in [0.1, 0.15) is 133 Å². The number of fused-ring (bicyclic) bond motifs is 7. The Morgan fingerprint density at radius 2 is 1.09 bits per heavy atom. The third-order valence-electron chi connectivity index (χ3n) is 31.1. The van der Waals surface area contributed by atoms with E-state index in [0.29, 0.717) is 32.1 Å². The Morgan fingerprint density at radius 1 is 0.538 bits per heavy atom. The highest BCUT2D eigenvalue weighted by Crippen LogP contribution is 2.76. The molecule has 13 rings (SSSR count). The number of hydrogen-bond donors (Lipinski definition) is 24. The lowest BCUT2D eigenvalue weighted by atomic mass is 9.33. The van der Waals surface area contributed by atoms with E-state index in [2.05, 4.69) is 38.7 Å². The van der Waals surface area contributed by atoms with Gasteiger partial charge in [-0.15, -0.1) is 6.58 Å². The van der Waals surface area contributed by atoms with Crippen LogP contribution in [0.25, 0.3) is 0 Å². The van der Waals surface area contributed by atoms with E-state index in [0.717, 1.165) is 5.57 Å². The average molecular weight is 1870 g/mol. The van der Waals surface area contributed by atoms with Gasteiger partial charge in [0.1, 0.15) is 170 Å². The first-order chi connectivity index (χ1) is 60.9. The average Bonchev–Trinajstić information content (AvgIpc) is 0.704. The predicted molar refractivity (Wildman–Crippen MR) is 431 cm³/mol. The number of nitrogens with one attached hydrogen (secondary N) is 1. The molecule has 8 heterocycles. The molecule has 46 atom stereocenters. The van der Waals surface area contributed by atoms with Crippen LogP contribution in [0.3, 0.4) is 0 Å². The van der Waals surface area contributed by atoms with E-state index in [1.54, 1.807) is 13.8 Å². The van der Waals surface area contributed by atoms with Gasteiger partial charge in [0.15, 0.2) is 50.1 Å². The lowest BCUT2D eigenvalue weighted by Crippen LogP contribution is -2.70. The molecule has 13 aliphatic rings. The standard InChI is InChI=1S/C86H137NO43/c1-12-81(8,112)19-13-14-34(2)69(110)114-30-43-63(126-74-60(105)56(101)52(97)41(26-89)121-74)61(106)65(129-73-58(103)53(98)42(29-117-73)122-77-68(109)85(113,32-90)33-119-77)76(124-43)130-78(111)86-23-22-83(10)36(37(86)24-79(4,5)66(107)67(86)108)15-16-46-82(9)20-18-47(80(6,7)45(82)17-21-84(46,83)11)125-70-48(87-35(3)91)54(99)62(44(123-70)31-118-71-59(104)55(100)51(96)40(25-88)120-71)127-75-64(50(95)39(93)28-116-75)128-72-57(102)49(94)38(92)27-115-72/h12,14-15,37-68,70-77,88-90,92-109,112-113H,1,13,16-33H2,2-11H3,(H,87,91)/b34-14+. The molecule has 0 aromatic rings. The van der Waals surface area contributed by atoms with E-state index in [1.165, 1.54) is 32.9 Å². The zero-order valence-electron chi connectivity index (χ0n) is 74.4. The van der Waals surface area contributed by atoms with Crippen molar-refractivity contribution in [1.82, 2.24) is 5.32 Å². The summed E-state index contributed by atoms with van der Waals surface area (Å²) in [6.07, 6.45) is -58.5. The molecule has 44 heteroatoms. The number of amides is 1. The molecular weight excluding hydrogens is 1730 g/mol. The summed E-state index contributed by atoms with van der Waals surface area (Å²) in [6, 6.07) is -1.52. The van der Waals surface area contributed by atoms with Crippen LogP contribution >= 0.6 is 0 Å². The molecule has 0 bridgehead atoms. The van der Waals surface area contributed by atoms with Gasteiger partial charge in [-0.3, -0.25) is 9.59 Å². The second-order valence-electron chi connectivity index (χ2n) is 40.1. The minimum Gasteiger partial charge on any atom is -0.459 e. The van der Waals surface area contributed by atoms with Gasteiger partial charge in [0, 0.05) is 12.5 Å². The Hall–Kier alpha value is -3.89. The van der Waals surface area contributed by atoms with Gasteiger partial charge < -0.3 is 203 Å². The second kappa shape index (κ2) is 40.1. The molecule has 0 aromatic heterocycles. The summed E-state index contributed by atoms with van der Waals surface area (Å²) in [5, 5.41) is 260. The molecule has 46 unspecified atom stereocenters. The topological polar surface area (TPSA) is 685 Å². The largest absolute Gasteiger partial charge is 0.459 e. The number of ether oxygens (including phenoxy) is 17. The van der Waals surface area contributed by atoms with Crippen LogP contribution in [-0.4, -0.2) is 433 Å². The fourth-order valence-corrected chi connectivity index (χ4v) is 22.8. The zero-order valence-corrected chi connectivity index (χ0v) is 74.4. The number of carbonyl (C=O) groups excluding carboxylic acids is 3. The highest BCUT2D eigenvalue weighted by Gasteiger charge is 2.74. The van der Waals surface area contributed by atoms with Gasteiger partial charge in [-0.2, -0.15) is 0 Å². The Balaban J connectivity index is 0.794. The van der Waals surface area contributed by atoms with Crippen molar-refractivity contribution in [3.8, 4) is 0 Å². The summed E-state index contributed by atoms with van der Waals surface area (Å²) in [5.41, 5.74) is -8.76. The molecule has 744 valence electrons. The summed E-state index contributed by atoms with van der Waals surface area (Å²) in [7, 11) is 0. The smallest absolute Gasteiger partial charge is 0.333 e. The Bertz CT molecular complexity index is 3920. The summed E-state index contributed by atoms with van der Waals surface area (Å²) >= 11 is 0. The third-order valence-corrected chi connectivity index (χ3v) is 31.1. The van der Waals surface area contributed by atoms with Crippen LogP contribution in [0.4, 0.5) is 0 Å². The molecule has 130 heavy (non-hydrogen) atoms. The van der Waals surface area contributed by atoms with E-state index in [9.17, 15) is 127 Å². The van der Waals surface area contributed by atoms with Gasteiger partial charge in [0.25, 0.3) is 0 Å². The van der Waals surface area contributed by atoms with E-state index in [-0.39, 0.29) is 49.5 Å². The van der Waals surface area contributed by atoms with Crippen molar-refractivity contribution >= 4 is 17.8 Å². The van der Waals surface area contributed by atoms with Crippen LogP contribution in [0.2, 0.25) is 0 Å². The molecule has 1 amide bonds. The van der Waals surface area contributed by atoms with E-state index >= 15 is 4.79 Å². The van der Waals surface area contributed by atoms with Crippen LogP contribution in [0.5, 0.6) is 0 Å². The first kappa shape index (κ1) is 103. The van der Waals surface area contributed by atoms with Crippen LogP contribution in [0.15, 0.2) is 36.0 Å². The van der Waals surface area contributed by atoms with Crippen molar-refractivity contribution in [3.05, 3.63) is 36.0 Å². The zero-order chi connectivity index (χ0) is 95.3. The van der Waals surface area contributed by atoms with Crippen LogP contribution in [-0.2, 0) is 94.9 Å². The van der Waals surface area contributed by atoms with Gasteiger partial charge in [-0.05, 0) is 123 Å². The maximum atomic E-state index is 16.5. The Labute approximate surface area is 750 Å². The minimum atomic E-state index is -2.31. The fraction of sp³-hybridized carbons (Fsp3) is 0.895. The molecule has 8 aliphatic heterocycles. The van der Waals surface area contributed by atoms with Crippen molar-refractivity contribution in [1.29, 1.82) is 0 Å². The Morgan fingerprint density at radius 3 is 1.72 bits per heavy atom. The summed E-state index contributed by atoms with van der Waals surface area (Å²) in [4.78, 5) is 43.9. The fourth-order valence-electron chi connectivity index (χ4n) is 22.8. The summed E-state index contributed by atoms with van der Waals surface area (Å²) in [5.74, 6) is -4.14. The molecule has 44 nitrogen and oxygen atoms in total. The number of rotatable bonds is 28. The highest BCUT2D eigenvalue weighted by molar-refractivity contribution is 5.87. The molecule has 0 radical (unpaired) electrons. The van der Waals surface area contributed by atoms with Gasteiger partial charge in [-0.1, -0.05) is 72.3 Å². The van der Waals surface area contributed by atoms with E-state index < -0.39 is 354 Å². The quantitative estimate of drug-likeness (QED) is 0.0150. The molecule has 5 aliphatic carbocycles. The van der Waals surface area contributed by atoms with Crippen LogP contribution < -0.4 is 5.32 Å². The lowest BCUT2D eigenvalue weighted by molar-refractivity contribution is -0.381. The summed E-state index contributed by atoms with van der Waals surface area (Å²) in [6.45, 7) is 15.1. The van der Waals surface area contributed by atoms with Gasteiger partial charge in [0.05, 0.1) is 76.8 Å². The number of aliphatic hydroxyl groups excluding tert-OH is 21. The monoisotopic (exact) mass is 1870 g/mol. The molecule has 0 spiro atoms. The maximum absolute atomic E-state index is 16.5. The van der Waals surface area contributed by atoms with Gasteiger partial charge in [0.2, 0.25) is 12.2 Å². The second-order valence-corrected chi connectivity index (χ2v) is 40.1. The highest BCUT2D eigenvalue weighted by atomic mass is 16.8. The number of esters is 2. The molecule has 0 aromatic carbocycles. The number of hydrogen-bond acceptors (Lipinski definition) is 43. The van der Waals surface area contributed by atoms with Crippen molar-refractivity contribution in [2.24, 2.45) is 50.2 Å². The lowest BCUT2D eigenvalue weighted by Gasteiger charge is -2.71. The van der Waals surface area contributed by atoms with E-state index in [1.807, 2.05) is 13.8 Å². The number of aliphatic hydroxyl groups is 23. The molecule has 4 saturated carbocycles. The molecule has 24 N–H and O–H groups in total. The number of allylic oxidation sites excluding steroid dienone is 3. The number of carbonyl (C=O) groups is 3. The normalized spacial score (nSPS) is 50.1. The van der Waals surface area contributed by atoms with Gasteiger partial charge >= 0.3 is 11.9 Å². The first-order valence-corrected chi connectivity index (χ1v) is 44.8. The predicted octanol–water partition coefficient (Wildman–Crippen LogP) is -7.88. The van der Waals surface area contributed by atoms with Gasteiger partial charge in [-0.25, -0.2) is 4.79 Å². The van der Waals surface area contributed by atoms with Crippen molar-refractivity contribution in [2.45, 2.75) is 372 Å². The molecule has 8 saturated heterocycles. The third kappa shape index (κ3) is 19.3. The van der Waals surface area contributed by atoms with Crippen molar-refractivity contribution in [2.75, 3.05) is 59.5 Å². The SMILES string of the molecule is C=CC(C)(O)CC/C=C(\C)C(=O)OCC1OC(OC(=O)C23CCC4(C)C(=CCC5C6(C)CCC(OC7OC(COC8OC(CO)C(O)C(O)C8O)C(OC8OCC(O)C(O)C8OC8OCC(O)C(O)C8O)C(O)C7NC(C)=O)C(C)(C)C6CCC54C)C2CC(C)(C)C(O)C3O)C(OC2OCC(OC3OCC(O)(CO)C3O)C(O)C2O)C(O)C1OC1OC(CO)C(O)C(O)C1O. The molecular formula is C86H137NO43. The van der Waals surface area contributed by atoms with Crippen molar-refractivity contribution < 1.29 is 212 Å².